The quantitative estimate of drug-likeness (QED) is 0.444. The third kappa shape index (κ3) is 2.66. The standard InChI is InChI=1S/C7H13NO3S/c9-6-7-2-1-3-8(7)4-5-12(10)11/h6-7H,1-5H2,(H,10,11)/p-1/t7-/m0/s1. The molecular formula is C7H12NO3S-. The van der Waals surface area contributed by atoms with E-state index in [1.54, 1.807) is 0 Å². The van der Waals surface area contributed by atoms with Crippen LogP contribution in [0.2, 0.25) is 0 Å². The van der Waals surface area contributed by atoms with Crippen molar-refractivity contribution in [2.75, 3.05) is 18.8 Å². The highest BCUT2D eigenvalue weighted by molar-refractivity contribution is 7.79. The molecule has 0 aromatic rings. The van der Waals surface area contributed by atoms with Gasteiger partial charge in [0.2, 0.25) is 0 Å². The Morgan fingerprint density at radius 1 is 1.67 bits per heavy atom. The molecule has 1 heterocycles. The van der Waals surface area contributed by atoms with Gasteiger partial charge >= 0.3 is 0 Å². The van der Waals surface area contributed by atoms with Crippen molar-refractivity contribution in [3.8, 4) is 0 Å². The largest absolute Gasteiger partial charge is 0.772 e. The van der Waals surface area contributed by atoms with Crippen LogP contribution < -0.4 is 0 Å². The van der Waals surface area contributed by atoms with Crippen LogP contribution in [0.5, 0.6) is 0 Å². The molecule has 0 bridgehead atoms. The van der Waals surface area contributed by atoms with Gasteiger partial charge in [0.25, 0.3) is 0 Å². The van der Waals surface area contributed by atoms with E-state index in [9.17, 15) is 13.6 Å². The summed E-state index contributed by atoms with van der Waals surface area (Å²) in [5, 5.41) is 0. The lowest BCUT2D eigenvalue weighted by molar-refractivity contribution is -0.111. The molecule has 12 heavy (non-hydrogen) atoms. The summed E-state index contributed by atoms with van der Waals surface area (Å²) in [4.78, 5) is 12.4. The lowest BCUT2D eigenvalue weighted by Crippen LogP contribution is -2.33. The highest BCUT2D eigenvalue weighted by Crippen LogP contribution is 2.14. The van der Waals surface area contributed by atoms with Gasteiger partial charge in [-0.1, -0.05) is 11.1 Å². The summed E-state index contributed by atoms with van der Waals surface area (Å²) in [6, 6.07) is -0.0476. The molecule has 1 fully saturated rings. The lowest BCUT2D eigenvalue weighted by Gasteiger charge is -2.19. The molecule has 70 valence electrons. The van der Waals surface area contributed by atoms with Gasteiger partial charge in [-0.3, -0.25) is 9.11 Å². The van der Waals surface area contributed by atoms with Crippen molar-refractivity contribution in [1.29, 1.82) is 0 Å². The van der Waals surface area contributed by atoms with Crippen molar-refractivity contribution < 1.29 is 13.6 Å². The molecule has 0 aromatic heterocycles. The maximum Gasteiger partial charge on any atom is 0.137 e. The number of carbonyl (C=O) groups excluding carboxylic acids is 1. The normalized spacial score (nSPS) is 27.2. The van der Waals surface area contributed by atoms with Gasteiger partial charge in [-0.05, 0) is 19.4 Å². The molecular weight excluding hydrogens is 178 g/mol. The number of aldehydes is 1. The molecule has 0 radical (unpaired) electrons. The first-order valence-corrected chi connectivity index (χ1v) is 5.23. The van der Waals surface area contributed by atoms with Gasteiger partial charge in [-0.15, -0.1) is 0 Å². The Morgan fingerprint density at radius 3 is 3.00 bits per heavy atom. The minimum Gasteiger partial charge on any atom is -0.772 e. The second kappa shape index (κ2) is 4.69. The average Bonchev–Trinajstić information content (AvgIpc) is 2.47. The van der Waals surface area contributed by atoms with Crippen molar-refractivity contribution in [3.63, 3.8) is 0 Å². The zero-order valence-corrected chi connectivity index (χ0v) is 7.59. The number of likely N-dealkylation sites (tertiary alicyclic amines) is 1. The Bertz CT molecular complexity index is 185. The average molecular weight is 190 g/mol. The molecule has 1 unspecified atom stereocenters. The molecule has 2 atom stereocenters. The predicted molar refractivity (Wildman–Crippen MR) is 44.4 cm³/mol. The lowest BCUT2D eigenvalue weighted by atomic mass is 10.2. The van der Waals surface area contributed by atoms with Crippen LogP contribution in [0.15, 0.2) is 0 Å². The van der Waals surface area contributed by atoms with Crippen molar-refractivity contribution in [3.05, 3.63) is 0 Å². The summed E-state index contributed by atoms with van der Waals surface area (Å²) in [5.74, 6) is 0.129. The van der Waals surface area contributed by atoms with Gasteiger partial charge in [-0.2, -0.15) is 0 Å². The maximum absolute atomic E-state index is 10.5. The van der Waals surface area contributed by atoms with Crippen LogP contribution in [0, 0.1) is 0 Å². The first-order chi connectivity index (χ1) is 5.74. The fourth-order valence-electron chi connectivity index (χ4n) is 1.48. The molecule has 0 saturated carbocycles. The minimum absolute atomic E-state index is 0.0476. The number of nitrogens with zero attached hydrogens (tertiary/aromatic N) is 1. The molecule has 4 nitrogen and oxygen atoms in total. The summed E-state index contributed by atoms with van der Waals surface area (Å²) in [7, 11) is 0. The molecule has 0 aromatic carbocycles. The van der Waals surface area contributed by atoms with E-state index < -0.39 is 11.1 Å². The molecule has 1 aliphatic rings. The molecule has 1 saturated heterocycles. The summed E-state index contributed by atoms with van der Waals surface area (Å²) >= 11 is -1.99. The van der Waals surface area contributed by atoms with E-state index >= 15 is 0 Å². The van der Waals surface area contributed by atoms with Crippen LogP contribution in [0.25, 0.3) is 0 Å². The summed E-state index contributed by atoms with van der Waals surface area (Å²) in [6.07, 6.45) is 2.77. The van der Waals surface area contributed by atoms with Crippen LogP contribution in [0.1, 0.15) is 12.8 Å². The van der Waals surface area contributed by atoms with Crippen molar-refractivity contribution in [2.45, 2.75) is 18.9 Å². The third-order valence-corrected chi connectivity index (χ3v) is 2.63. The van der Waals surface area contributed by atoms with E-state index in [1.807, 2.05) is 4.90 Å². The monoisotopic (exact) mass is 190 g/mol. The zero-order chi connectivity index (χ0) is 8.97. The van der Waals surface area contributed by atoms with E-state index in [-0.39, 0.29) is 11.8 Å². The van der Waals surface area contributed by atoms with E-state index in [2.05, 4.69) is 0 Å². The smallest absolute Gasteiger partial charge is 0.137 e. The SMILES string of the molecule is O=C[C@@H]1CCCN1CCS(=O)[O-]. The van der Waals surface area contributed by atoms with Crippen LogP contribution in [0.4, 0.5) is 0 Å². The maximum atomic E-state index is 10.5. The second-order valence-electron chi connectivity index (χ2n) is 2.89. The van der Waals surface area contributed by atoms with Gasteiger partial charge in [0, 0.05) is 12.3 Å². The van der Waals surface area contributed by atoms with Gasteiger partial charge in [0.1, 0.15) is 6.29 Å². The second-order valence-corrected chi connectivity index (χ2v) is 3.91. The highest BCUT2D eigenvalue weighted by Gasteiger charge is 2.22. The van der Waals surface area contributed by atoms with Crippen LogP contribution >= 0.6 is 0 Å². The van der Waals surface area contributed by atoms with Gasteiger partial charge < -0.3 is 9.35 Å². The van der Waals surface area contributed by atoms with Gasteiger partial charge in [-0.25, -0.2) is 0 Å². The van der Waals surface area contributed by atoms with E-state index in [0.717, 1.165) is 25.7 Å². The van der Waals surface area contributed by atoms with Crippen molar-refractivity contribution >= 4 is 17.4 Å². The first-order valence-electron chi connectivity index (χ1n) is 3.99. The van der Waals surface area contributed by atoms with Crippen LogP contribution in [-0.2, 0) is 15.9 Å². The zero-order valence-electron chi connectivity index (χ0n) is 6.77. The predicted octanol–water partition coefficient (Wildman–Crippen LogP) is -0.471. The van der Waals surface area contributed by atoms with Crippen molar-refractivity contribution in [2.24, 2.45) is 0 Å². The summed E-state index contributed by atoms with van der Waals surface area (Å²) in [5.41, 5.74) is 0. The highest BCUT2D eigenvalue weighted by atomic mass is 32.2. The number of hydrogen-bond acceptors (Lipinski definition) is 4. The Morgan fingerprint density at radius 2 is 2.42 bits per heavy atom. The van der Waals surface area contributed by atoms with E-state index in [0.29, 0.717) is 6.54 Å². The molecule has 0 amide bonds. The summed E-state index contributed by atoms with van der Waals surface area (Å²) in [6.45, 7) is 1.33. The molecule has 1 aliphatic heterocycles. The Labute approximate surface area is 74.2 Å². The summed E-state index contributed by atoms with van der Waals surface area (Å²) < 4.78 is 20.5. The van der Waals surface area contributed by atoms with Gasteiger partial charge in [0.15, 0.2) is 0 Å². The first kappa shape index (κ1) is 9.83. The Hall–Kier alpha value is -0.260. The molecule has 5 heteroatoms. The van der Waals surface area contributed by atoms with Gasteiger partial charge in [0.05, 0.1) is 6.04 Å². The van der Waals surface area contributed by atoms with E-state index in [1.165, 1.54) is 0 Å². The topological polar surface area (TPSA) is 60.4 Å². The van der Waals surface area contributed by atoms with Crippen LogP contribution in [-0.4, -0.2) is 44.8 Å². The number of carbonyl (C=O) groups is 1. The number of hydrogen-bond donors (Lipinski definition) is 0. The van der Waals surface area contributed by atoms with Crippen LogP contribution in [0.3, 0.4) is 0 Å². The third-order valence-electron chi connectivity index (χ3n) is 2.12. The molecule has 1 rings (SSSR count). The van der Waals surface area contributed by atoms with Crippen molar-refractivity contribution in [1.82, 2.24) is 4.90 Å². The molecule has 0 aliphatic carbocycles. The Balaban J connectivity index is 2.30. The molecule has 0 N–H and O–H groups in total. The van der Waals surface area contributed by atoms with E-state index in [4.69, 9.17) is 0 Å². The fraction of sp³-hybridized carbons (Fsp3) is 0.857. The number of rotatable bonds is 4. The fourth-order valence-corrected chi connectivity index (χ4v) is 1.86. The minimum atomic E-state index is -1.99. The molecule has 0 spiro atoms. The Kier molecular flexibility index (Phi) is 3.84.